The minimum absolute atomic E-state index is 0.254. The van der Waals surface area contributed by atoms with Gasteiger partial charge in [0.15, 0.2) is 0 Å². The summed E-state index contributed by atoms with van der Waals surface area (Å²) in [4.78, 5) is 21.5. The fraction of sp³-hybridized carbons (Fsp3) is 0.800. The molecule has 0 aromatic rings. The summed E-state index contributed by atoms with van der Waals surface area (Å²) < 4.78 is 35.2. The van der Waals surface area contributed by atoms with E-state index in [1.54, 1.807) is 6.92 Å². The molecule has 1 atom stereocenters. The van der Waals surface area contributed by atoms with Gasteiger partial charge < -0.3 is 15.7 Å². The minimum Gasteiger partial charge on any atom is -0.481 e. The molecule has 0 aromatic heterocycles. The Morgan fingerprint density at radius 1 is 1.33 bits per heavy atom. The fourth-order valence-electron chi connectivity index (χ4n) is 1.14. The highest BCUT2D eigenvalue weighted by Crippen LogP contribution is 2.11. The number of nitrogens with one attached hydrogen (secondary N) is 2. The molecule has 0 bridgehead atoms. The predicted molar refractivity (Wildman–Crippen MR) is 58.0 cm³/mol. The lowest BCUT2D eigenvalue weighted by molar-refractivity contribution is -0.141. The van der Waals surface area contributed by atoms with Gasteiger partial charge in [0, 0.05) is 6.54 Å². The number of carboxylic acid groups (broad SMARTS) is 1. The Labute approximate surface area is 103 Å². The Morgan fingerprint density at radius 3 is 2.44 bits per heavy atom. The van der Waals surface area contributed by atoms with Gasteiger partial charge in [0.2, 0.25) is 5.91 Å². The zero-order valence-electron chi connectivity index (χ0n) is 10.0. The first-order valence-electron chi connectivity index (χ1n) is 5.49. The number of carboxylic acids is 1. The maximum Gasteiger partial charge on any atom is 0.401 e. The van der Waals surface area contributed by atoms with Gasteiger partial charge >= 0.3 is 12.1 Å². The standard InChI is InChI=1S/C10H17F3N2O3/c1-7(9(17)18)3-2-4-15-8(16)5-14-6-10(11,12)13/h7,14H,2-6H2,1H3,(H,15,16)(H,17,18). The molecule has 0 aliphatic heterocycles. The third-order valence-electron chi connectivity index (χ3n) is 2.17. The van der Waals surface area contributed by atoms with Gasteiger partial charge in [0.25, 0.3) is 0 Å². The van der Waals surface area contributed by atoms with Crippen LogP contribution in [0.15, 0.2) is 0 Å². The topological polar surface area (TPSA) is 78.4 Å². The average molecular weight is 270 g/mol. The zero-order chi connectivity index (χ0) is 14.2. The first-order valence-corrected chi connectivity index (χ1v) is 5.49. The van der Waals surface area contributed by atoms with Crippen molar-refractivity contribution in [1.29, 1.82) is 0 Å². The molecule has 18 heavy (non-hydrogen) atoms. The third kappa shape index (κ3) is 9.88. The van der Waals surface area contributed by atoms with Gasteiger partial charge in [0.05, 0.1) is 19.0 Å². The molecule has 1 amide bonds. The summed E-state index contributed by atoms with van der Waals surface area (Å²) in [5.41, 5.74) is 0. The van der Waals surface area contributed by atoms with Crippen LogP contribution in [-0.2, 0) is 9.59 Å². The van der Waals surface area contributed by atoms with Gasteiger partial charge in [-0.05, 0) is 12.8 Å². The molecule has 0 spiro atoms. The van der Waals surface area contributed by atoms with Crippen LogP contribution in [0, 0.1) is 5.92 Å². The average Bonchev–Trinajstić information content (AvgIpc) is 2.22. The van der Waals surface area contributed by atoms with Gasteiger partial charge in [-0.1, -0.05) is 6.92 Å². The molecule has 1 unspecified atom stereocenters. The summed E-state index contributed by atoms with van der Waals surface area (Å²) >= 11 is 0. The van der Waals surface area contributed by atoms with Crippen LogP contribution in [0.4, 0.5) is 13.2 Å². The normalized spacial score (nSPS) is 13.1. The number of carbonyl (C=O) groups excluding carboxylic acids is 1. The van der Waals surface area contributed by atoms with Crippen LogP contribution >= 0.6 is 0 Å². The van der Waals surface area contributed by atoms with Crippen molar-refractivity contribution >= 4 is 11.9 Å². The molecule has 0 heterocycles. The number of aliphatic carboxylic acids is 1. The zero-order valence-corrected chi connectivity index (χ0v) is 10.0. The Kier molecular flexibility index (Phi) is 7.33. The van der Waals surface area contributed by atoms with E-state index < -0.39 is 37.1 Å². The number of amides is 1. The van der Waals surface area contributed by atoms with Gasteiger partial charge in [-0.15, -0.1) is 0 Å². The summed E-state index contributed by atoms with van der Waals surface area (Å²) in [7, 11) is 0. The van der Waals surface area contributed by atoms with Crippen LogP contribution in [0.2, 0.25) is 0 Å². The molecular weight excluding hydrogens is 253 g/mol. The summed E-state index contributed by atoms with van der Waals surface area (Å²) in [5.74, 6) is -1.94. The molecule has 8 heteroatoms. The summed E-state index contributed by atoms with van der Waals surface area (Å²) in [6, 6.07) is 0. The highest BCUT2D eigenvalue weighted by atomic mass is 19.4. The molecule has 0 rings (SSSR count). The van der Waals surface area contributed by atoms with E-state index in [-0.39, 0.29) is 6.54 Å². The van der Waals surface area contributed by atoms with Crippen molar-refractivity contribution < 1.29 is 27.9 Å². The van der Waals surface area contributed by atoms with Crippen LogP contribution < -0.4 is 10.6 Å². The maximum absolute atomic E-state index is 11.7. The van der Waals surface area contributed by atoms with Gasteiger partial charge in [-0.25, -0.2) is 0 Å². The number of hydrogen-bond donors (Lipinski definition) is 3. The summed E-state index contributed by atoms with van der Waals surface area (Å²) in [6.45, 7) is 0.184. The minimum atomic E-state index is -4.34. The van der Waals surface area contributed by atoms with E-state index in [0.717, 1.165) is 0 Å². The fourth-order valence-corrected chi connectivity index (χ4v) is 1.14. The largest absolute Gasteiger partial charge is 0.481 e. The van der Waals surface area contributed by atoms with E-state index in [2.05, 4.69) is 5.32 Å². The Hall–Kier alpha value is -1.31. The highest BCUT2D eigenvalue weighted by molar-refractivity contribution is 5.77. The number of carbonyl (C=O) groups is 2. The van der Waals surface area contributed by atoms with E-state index in [0.29, 0.717) is 12.8 Å². The van der Waals surface area contributed by atoms with Crippen molar-refractivity contribution in [1.82, 2.24) is 10.6 Å². The molecular formula is C10H17F3N2O3. The predicted octanol–water partition coefficient (Wildman–Crippen LogP) is 0.755. The molecule has 0 saturated carbocycles. The first kappa shape index (κ1) is 16.7. The molecule has 0 aliphatic carbocycles. The molecule has 0 radical (unpaired) electrons. The number of hydrogen-bond acceptors (Lipinski definition) is 3. The Balaban J connectivity index is 3.52. The molecule has 0 aliphatic rings. The third-order valence-corrected chi connectivity index (χ3v) is 2.17. The van der Waals surface area contributed by atoms with Crippen molar-refractivity contribution in [2.24, 2.45) is 5.92 Å². The second-order valence-electron chi connectivity index (χ2n) is 3.95. The molecule has 0 fully saturated rings. The van der Waals surface area contributed by atoms with Crippen molar-refractivity contribution in [3.8, 4) is 0 Å². The molecule has 0 saturated heterocycles. The molecule has 3 N–H and O–H groups in total. The lowest BCUT2D eigenvalue weighted by atomic mass is 10.1. The monoisotopic (exact) mass is 270 g/mol. The SMILES string of the molecule is CC(CCCNC(=O)CNCC(F)(F)F)C(=O)O. The number of rotatable bonds is 8. The van der Waals surface area contributed by atoms with E-state index >= 15 is 0 Å². The van der Waals surface area contributed by atoms with E-state index in [1.807, 2.05) is 5.32 Å². The van der Waals surface area contributed by atoms with Gasteiger partial charge in [0.1, 0.15) is 0 Å². The van der Waals surface area contributed by atoms with Crippen LogP contribution in [0.5, 0.6) is 0 Å². The Morgan fingerprint density at radius 2 is 1.94 bits per heavy atom. The number of halogens is 3. The van der Waals surface area contributed by atoms with Crippen molar-refractivity contribution in [2.75, 3.05) is 19.6 Å². The first-order chi connectivity index (χ1) is 8.22. The van der Waals surface area contributed by atoms with E-state index in [1.165, 1.54) is 0 Å². The van der Waals surface area contributed by atoms with Gasteiger partial charge in [-0.3, -0.25) is 9.59 Å². The van der Waals surface area contributed by atoms with E-state index in [4.69, 9.17) is 5.11 Å². The van der Waals surface area contributed by atoms with E-state index in [9.17, 15) is 22.8 Å². The lowest BCUT2D eigenvalue weighted by Gasteiger charge is -2.09. The van der Waals surface area contributed by atoms with Crippen molar-refractivity contribution in [3.05, 3.63) is 0 Å². The van der Waals surface area contributed by atoms with Crippen molar-refractivity contribution in [2.45, 2.75) is 25.9 Å². The lowest BCUT2D eigenvalue weighted by Crippen LogP contribution is -2.38. The molecule has 5 nitrogen and oxygen atoms in total. The quantitative estimate of drug-likeness (QED) is 0.569. The second kappa shape index (κ2) is 7.91. The molecule has 106 valence electrons. The molecule has 0 aromatic carbocycles. The van der Waals surface area contributed by atoms with Crippen LogP contribution in [0.3, 0.4) is 0 Å². The van der Waals surface area contributed by atoms with Crippen LogP contribution in [0.25, 0.3) is 0 Å². The Bertz CT molecular complexity index is 282. The smallest absolute Gasteiger partial charge is 0.401 e. The second-order valence-corrected chi connectivity index (χ2v) is 3.95. The van der Waals surface area contributed by atoms with Crippen LogP contribution in [0.1, 0.15) is 19.8 Å². The van der Waals surface area contributed by atoms with Gasteiger partial charge in [-0.2, -0.15) is 13.2 Å². The van der Waals surface area contributed by atoms with Crippen LogP contribution in [-0.4, -0.2) is 42.8 Å². The summed E-state index contributed by atoms with van der Waals surface area (Å²) in [6.07, 6.45) is -3.46. The number of alkyl halides is 3. The van der Waals surface area contributed by atoms with Crippen molar-refractivity contribution in [3.63, 3.8) is 0 Å². The maximum atomic E-state index is 11.7. The summed E-state index contributed by atoms with van der Waals surface area (Å²) in [5, 5.41) is 12.9. The highest BCUT2D eigenvalue weighted by Gasteiger charge is 2.26.